The number of rotatable bonds is 7. The molecule has 2 amide bonds. The third-order valence-electron chi connectivity index (χ3n) is 4.82. The summed E-state index contributed by atoms with van der Waals surface area (Å²) in [4.78, 5) is 29.4. The van der Waals surface area contributed by atoms with E-state index in [-0.39, 0.29) is 17.6 Å². The lowest BCUT2D eigenvalue weighted by Crippen LogP contribution is -2.37. The summed E-state index contributed by atoms with van der Waals surface area (Å²) < 4.78 is 18.6. The summed E-state index contributed by atoms with van der Waals surface area (Å²) in [5, 5.41) is 0. The van der Waals surface area contributed by atoms with E-state index in [4.69, 9.17) is 4.74 Å². The van der Waals surface area contributed by atoms with Crippen molar-refractivity contribution in [3.8, 4) is 0 Å². The molecule has 1 saturated heterocycles. The van der Waals surface area contributed by atoms with Crippen LogP contribution in [0.1, 0.15) is 38.2 Å². The summed E-state index contributed by atoms with van der Waals surface area (Å²) in [7, 11) is 0. The molecular formula is C20H25FN2O3. The highest BCUT2D eigenvalue weighted by molar-refractivity contribution is 6.35. The van der Waals surface area contributed by atoms with E-state index in [0.717, 1.165) is 32.4 Å². The summed E-state index contributed by atoms with van der Waals surface area (Å²) in [6.45, 7) is 4.91. The molecule has 0 spiro atoms. The van der Waals surface area contributed by atoms with Crippen LogP contribution in [0.15, 0.2) is 30.0 Å². The molecule has 1 aromatic rings. The Kier molecular flexibility index (Phi) is 6.04. The average Bonchev–Trinajstić information content (AvgIpc) is 2.91. The van der Waals surface area contributed by atoms with Crippen LogP contribution in [-0.4, -0.2) is 54.5 Å². The molecule has 2 heterocycles. The zero-order valence-corrected chi connectivity index (χ0v) is 15.2. The third kappa shape index (κ3) is 3.80. The van der Waals surface area contributed by atoms with E-state index in [2.05, 4.69) is 0 Å². The molecule has 0 saturated carbocycles. The Morgan fingerprint density at radius 2 is 1.73 bits per heavy atom. The topological polar surface area (TPSA) is 49.9 Å². The first-order chi connectivity index (χ1) is 12.6. The van der Waals surface area contributed by atoms with Gasteiger partial charge in [-0.05, 0) is 50.3 Å². The molecule has 0 atom stereocenters. The molecule has 5 nitrogen and oxygen atoms in total. The van der Waals surface area contributed by atoms with Crippen LogP contribution in [0.2, 0.25) is 0 Å². The highest BCUT2D eigenvalue weighted by Crippen LogP contribution is 2.33. The summed E-state index contributed by atoms with van der Waals surface area (Å²) in [6.07, 6.45) is 3.75. The van der Waals surface area contributed by atoms with Gasteiger partial charge in [-0.1, -0.05) is 12.1 Å². The van der Waals surface area contributed by atoms with Gasteiger partial charge in [0.2, 0.25) is 0 Å². The van der Waals surface area contributed by atoms with Gasteiger partial charge < -0.3 is 9.64 Å². The fourth-order valence-electron chi connectivity index (χ4n) is 3.52. The van der Waals surface area contributed by atoms with Crippen LogP contribution >= 0.6 is 0 Å². The number of nitrogens with zero attached hydrogens (tertiary/aromatic N) is 2. The summed E-state index contributed by atoms with van der Waals surface area (Å²) >= 11 is 0. The van der Waals surface area contributed by atoms with Crippen LogP contribution in [0.5, 0.6) is 0 Å². The summed E-state index contributed by atoms with van der Waals surface area (Å²) in [6, 6.07) is 5.80. The Hall–Kier alpha value is -2.21. The zero-order valence-electron chi connectivity index (χ0n) is 15.2. The van der Waals surface area contributed by atoms with Gasteiger partial charge in [-0.25, -0.2) is 4.39 Å². The fourth-order valence-corrected chi connectivity index (χ4v) is 3.52. The Bertz CT molecular complexity index is 694. The minimum Gasteiger partial charge on any atom is -0.382 e. The van der Waals surface area contributed by atoms with Crippen LogP contribution in [0.25, 0.3) is 5.57 Å². The Morgan fingerprint density at radius 1 is 1.04 bits per heavy atom. The van der Waals surface area contributed by atoms with Gasteiger partial charge in [0.15, 0.2) is 0 Å². The molecule has 0 aliphatic carbocycles. The zero-order chi connectivity index (χ0) is 18.5. The van der Waals surface area contributed by atoms with E-state index in [0.29, 0.717) is 43.0 Å². The third-order valence-corrected chi connectivity index (χ3v) is 4.82. The maximum absolute atomic E-state index is 13.3. The lowest BCUT2D eigenvalue weighted by Gasteiger charge is -2.29. The molecule has 2 aliphatic heterocycles. The minimum atomic E-state index is -0.362. The molecular weight excluding hydrogens is 335 g/mol. The molecule has 0 N–H and O–H groups in total. The van der Waals surface area contributed by atoms with Crippen LogP contribution < -0.4 is 0 Å². The highest BCUT2D eigenvalue weighted by atomic mass is 19.1. The standard InChI is InChI=1S/C20H25FN2O3/c1-2-26-14-6-13-23-19(24)17(15-7-9-16(21)10-8-15)18(20(23)25)22-11-4-3-5-12-22/h7-10H,2-6,11-14H2,1H3. The number of benzene rings is 1. The Morgan fingerprint density at radius 3 is 2.38 bits per heavy atom. The summed E-state index contributed by atoms with van der Waals surface area (Å²) in [5.41, 5.74) is 1.46. The van der Waals surface area contributed by atoms with Crippen molar-refractivity contribution in [3.63, 3.8) is 0 Å². The van der Waals surface area contributed by atoms with Crippen LogP contribution in [-0.2, 0) is 14.3 Å². The highest BCUT2D eigenvalue weighted by Gasteiger charge is 2.41. The molecule has 26 heavy (non-hydrogen) atoms. The number of carbonyl (C=O) groups excluding carboxylic acids is 2. The largest absolute Gasteiger partial charge is 0.382 e. The quantitative estimate of drug-likeness (QED) is 0.554. The smallest absolute Gasteiger partial charge is 0.277 e. The maximum atomic E-state index is 13.3. The van der Waals surface area contributed by atoms with Gasteiger partial charge in [0, 0.05) is 32.8 Å². The van der Waals surface area contributed by atoms with Crippen LogP contribution in [0, 0.1) is 5.82 Å². The van der Waals surface area contributed by atoms with Gasteiger partial charge in [-0.2, -0.15) is 0 Å². The molecule has 0 unspecified atom stereocenters. The van der Waals surface area contributed by atoms with Crippen molar-refractivity contribution in [2.45, 2.75) is 32.6 Å². The Balaban J connectivity index is 1.90. The number of carbonyl (C=O) groups is 2. The van der Waals surface area contributed by atoms with Gasteiger partial charge in [0.25, 0.3) is 11.8 Å². The Labute approximate surface area is 153 Å². The lowest BCUT2D eigenvalue weighted by molar-refractivity contribution is -0.137. The van der Waals surface area contributed by atoms with Crippen molar-refractivity contribution in [2.24, 2.45) is 0 Å². The first-order valence-electron chi connectivity index (χ1n) is 9.32. The second-order valence-corrected chi connectivity index (χ2v) is 6.59. The van der Waals surface area contributed by atoms with Gasteiger partial charge in [-0.15, -0.1) is 0 Å². The number of hydrogen-bond acceptors (Lipinski definition) is 4. The number of hydrogen-bond donors (Lipinski definition) is 0. The number of imide groups is 1. The molecule has 1 fully saturated rings. The van der Waals surface area contributed by atoms with E-state index < -0.39 is 0 Å². The van der Waals surface area contributed by atoms with E-state index in [1.165, 1.54) is 17.0 Å². The monoisotopic (exact) mass is 360 g/mol. The van der Waals surface area contributed by atoms with Crippen molar-refractivity contribution in [3.05, 3.63) is 41.3 Å². The van der Waals surface area contributed by atoms with Gasteiger partial charge in [0.05, 0.1) is 5.57 Å². The fraction of sp³-hybridized carbons (Fsp3) is 0.500. The average molecular weight is 360 g/mol. The normalized spacial score (nSPS) is 18.2. The second kappa shape index (κ2) is 8.45. The minimum absolute atomic E-state index is 0.243. The van der Waals surface area contributed by atoms with Crippen molar-refractivity contribution >= 4 is 17.4 Å². The molecule has 1 aromatic carbocycles. The predicted octanol–water partition coefficient (Wildman–Crippen LogP) is 2.82. The molecule has 3 rings (SSSR count). The summed E-state index contributed by atoms with van der Waals surface area (Å²) in [5.74, 6) is -0.898. The van der Waals surface area contributed by atoms with E-state index in [9.17, 15) is 14.0 Å². The molecule has 0 bridgehead atoms. The van der Waals surface area contributed by atoms with Gasteiger partial charge >= 0.3 is 0 Å². The van der Waals surface area contributed by atoms with Crippen molar-refractivity contribution in [1.29, 1.82) is 0 Å². The molecule has 0 aromatic heterocycles. The SMILES string of the molecule is CCOCCCN1C(=O)C(c2ccc(F)cc2)=C(N2CCCCC2)C1=O. The number of likely N-dealkylation sites (tertiary alicyclic amines) is 1. The van der Waals surface area contributed by atoms with Crippen LogP contribution in [0.3, 0.4) is 0 Å². The van der Waals surface area contributed by atoms with E-state index in [1.807, 2.05) is 11.8 Å². The predicted molar refractivity (Wildman–Crippen MR) is 96.6 cm³/mol. The van der Waals surface area contributed by atoms with Crippen molar-refractivity contribution < 1.29 is 18.7 Å². The van der Waals surface area contributed by atoms with Crippen molar-refractivity contribution in [2.75, 3.05) is 32.8 Å². The van der Waals surface area contributed by atoms with Crippen molar-refractivity contribution in [1.82, 2.24) is 9.80 Å². The lowest BCUT2D eigenvalue weighted by atomic mass is 10.0. The molecule has 6 heteroatoms. The molecule has 140 valence electrons. The second-order valence-electron chi connectivity index (χ2n) is 6.59. The molecule has 2 aliphatic rings. The van der Waals surface area contributed by atoms with Gasteiger partial charge in [0.1, 0.15) is 11.5 Å². The first-order valence-corrected chi connectivity index (χ1v) is 9.32. The first kappa shape index (κ1) is 18.6. The van der Waals surface area contributed by atoms with Crippen LogP contribution in [0.4, 0.5) is 4.39 Å². The number of amides is 2. The number of ether oxygens (including phenoxy) is 1. The molecule has 0 radical (unpaired) electrons. The number of piperidine rings is 1. The number of halogens is 1. The van der Waals surface area contributed by atoms with Gasteiger partial charge in [-0.3, -0.25) is 14.5 Å². The maximum Gasteiger partial charge on any atom is 0.277 e. The van der Waals surface area contributed by atoms with E-state index >= 15 is 0 Å². The van der Waals surface area contributed by atoms with E-state index in [1.54, 1.807) is 12.1 Å².